The number of pyridine rings is 4. The highest BCUT2D eigenvalue weighted by Gasteiger charge is 2.32. The number of benzene rings is 4. The van der Waals surface area contributed by atoms with E-state index in [9.17, 15) is 14.4 Å². The summed E-state index contributed by atoms with van der Waals surface area (Å²) in [6.07, 6.45) is 7.66. The van der Waals surface area contributed by atoms with Crippen molar-refractivity contribution in [2.75, 3.05) is 61.7 Å². The number of carbonyl (C=O) groups is 3. The molecule has 8 heterocycles. The number of hydrogen-bond acceptors (Lipinski definition) is 19. The quantitative estimate of drug-likeness (QED) is 0.0533. The zero-order valence-corrected chi connectivity index (χ0v) is 50.5. The van der Waals surface area contributed by atoms with Gasteiger partial charge in [-0.15, -0.1) is 0 Å². The van der Waals surface area contributed by atoms with Crippen LogP contribution in [-0.4, -0.2) is 120 Å². The van der Waals surface area contributed by atoms with E-state index in [0.717, 1.165) is 47.5 Å². The van der Waals surface area contributed by atoms with E-state index in [1.807, 2.05) is 96.9 Å². The van der Waals surface area contributed by atoms with Crippen molar-refractivity contribution in [3.05, 3.63) is 192 Å². The highest BCUT2D eigenvalue weighted by molar-refractivity contribution is 6.04. The summed E-state index contributed by atoms with van der Waals surface area (Å²) in [6, 6.07) is 43.1. The molecule has 6 aromatic heterocycles. The number of nitrogens with one attached hydrogen (secondary N) is 5. The summed E-state index contributed by atoms with van der Waals surface area (Å²) < 4.78 is 32.6. The van der Waals surface area contributed by atoms with Crippen molar-refractivity contribution in [3.63, 3.8) is 0 Å². The number of amides is 3. The molecular formula is C67H64N16O8. The van der Waals surface area contributed by atoms with Gasteiger partial charge in [0, 0.05) is 79.8 Å². The van der Waals surface area contributed by atoms with Gasteiger partial charge in [-0.05, 0) is 148 Å². The molecule has 91 heavy (non-hydrogen) atoms. The third kappa shape index (κ3) is 15.2. The lowest BCUT2D eigenvalue weighted by atomic mass is 10.2. The van der Waals surface area contributed by atoms with E-state index in [-0.39, 0.29) is 35.8 Å². The van der Waals surface area contributed by atoms with Gasteiger partial charge in [0.15, 0.2) is 22.9 Å². The topological polar surface area (TPSA) is 296 Å². The summed E-state index contributed by atoms with van der Waals surface area (Å²) in [5.41, 5.74) is 4.42. The molecule has 5 N–H and O–H groups in total. The van der Waals surface area contributed by atoms with Crippen LogP contribution in [0.15, 0.2) is 158 Å². The molecule has 0 spiro atoms. The first-order valence-corrected chi connectivity index (χ1v) is 29.3. The number of rotatable bonds is 18. The number of hydrogen-bond donors (Lipinski definition) is 5. The molecule has 2 atom stereocenters. The van der Waals surface area contributed by atoms with Gasteiger partial charge in [-0.2, -0.15) is 20.7 Å². The Morgan fingerprint density at radius 3 is 1.46 bits per heavy atom. The monoisotopic (exact) mass is 1220 g/mol. The van der Waals surface area contributed by atoms with Gasteiger partial charge in [0.1, 0.15) is 62.5 Å². The first kappa shape index (κ1) is 61.0. The predicted octanol–water partition coefficient (Wildman–Crippen LogP) is 10.8. The Hall–Kier alpha value is -11.6. The van der Waals surface area contributed by atoms with Crippen molar-refractivity contribution in [2.45, 2.75) is 64.4 Å². The molecule has 2 saturated heterocycles. The second kappa shape index (κ2) is 27.6. The Bertz CT molecular complexity index is 4320. The number of aromatic nitrogens is 8. The van der Waals surface area contributed by atoms with E-state index in [4.69, 9.17) is 44.4 Å². The highest BCUT2D eigenvalue weighted by Crippen LogP contribution is 2.38. The standard InChI is InChI=1S/C36H36N8O5.C31H28N8O3/c1-36(2,3)49-35(46)43-18-15-26(22-43)40-32-31-29(14-17-39-33(31)44(42-32)21-23-5-9-27(47-4)10-6-23)48-28-11-7-25(8-12-28)34(45)41-30-19-24(20-37)13-16-38-30;1-41-24-6-2-20(3-7-24)19-39-30-28(29(38-39)36-23-11-13-33-18-23)26(12-15-35-30)42-25-8-4-22(5-9-25)31(40)37-27-16-21(17-32)10-14-34-27/h5-14,16-17,19,26H,15,18,21-22H2,1-4H3,(H,40,42)(H,38,41,45);2-10,12,14-16,23,33H,11,13,18-19H2,1H3,(H,36,38)(H,34,37,40)/t26-;23-/m11/s1. The third-order valence-corrected chi connectivity index (χ3v) is 14.7. The summed E-state index contributed by atoms with van der Waals surface area (Å²) in [6.45, 7) is 9.33. The minimum Gasteiger partial charge on any atom is -0.497 e. The van der Waals surface area contributed by atoms with E-state index in [1.54, 1.807) is 98.2 Å². The van der Waals surface area contributed by atoms with Gasteiger partial charge in [-0.3, -0.25) is 9.59 Å². The normalized spacial score (nSPS) is 14.3. The smallest absolute Gasteiger partial charge is 0.410 e. The number of methoxy groups -OCH3 is 2. The molecule has 460 valence electrons. The second-order valence-electron chi connectivity index (χ2n) is 22.4. The largest absolute Gasteiger partial charge is 0.497 e. The lowest BCUT2D eigenvalue weighted by Gasteiger charge is -2.24. The van der Waals surface area contributed by atoms with Crippen LogP contribution in [0.5, 0.6) is 34.5 Å². The van der Waals surface area contributed by atoms with Gasteiger partial charge in [0.2, 0.25) is 0 Å². The van der Waals surface area contributed by atoms with Crippen molar-refractivity contribution < 1.29 is 38.1 Å². The summed E-state index contributed by atoms with van der Waals surface area (Å²) in [7, 11) is 3.27. The fourth-order valence-electron chi connectivity index (χ4n) is 10.2. The SMILES string of the molecule is COc1ccc(Cn2nc(N[C@@H]3CCN(C(=O)OC(C)(C)C)C3)c3c(Oc4ccc(C(=O)Nc5cc(C#N)ccn5)cc4)ccnc32)cc1.COc1ccc(Cn2nc(N[C@@H]3CCNC3)c3c(Oc4ccc(C(=O)Nc5cc(C#N)ccn5)cc4)ccnc32)cc1. The molecule has 12 rings (SSSR count). The molecular weight excluding hydrogens is 1160 g/mol. The highest BCUT2D eigenvalue weighted by atomic mass is 16.6. The van der Waals surface area contributed by atoms with Crippen LogP contribution in [0, 0.1) is 22.7 Å². The maximum Gasteiger partial charge on any atom is 0.410 e. The zero-order valence-electron chi connectivity index (χ0n) is 50.5. The Kier molecular flexibility index (Phi) is 18.5. The number of nitriles is 2. The molecule has 0 saturated carbocycles. The van der Waals surface area contributed by atoms with Crippen LogP contribution >= 0.6 is 0 Å². The number of carbonyl (C=O) groups excluding carboxylic acids is 3. The Morgan fingerprint density at radius 2 is 1.03 bits per heavy atom. The number of fused-ring (bicyclic) bond motifs is 2. The minimum absolute atomic E-state index is 0.0748. The summed E-state index contributed by atoms with van der Waals surface area (Å²) >= 11 is 0. The summed E-state index contributed by atoms with van der Waals surface area (Å²) in [5, 5.41) is 45.4. The van der Waals surface area contributed by atoms with Crippen LogP contribution in [0.4, 0.5) is 28.1 Å². The van der Waals surface area contributed by atoms with Crippen LogP contribution in [0.25, 0.3) is 22.1 Å². The van der Waals surface area contributed by atoms with E-state index >= 15 is 0 Å². The Balaban J connectivity index is 0.000000189. The fraction of sp³-hybridized carbons (Fsp3) is 0.239. The van der Waals surface area contributed by atoms with Crippen LogP contribution in [0.3, 0.4) is 0 Å². The van der Waals surface area contributed by atoms with Crippen LogP contribution in [0.2, 0.25) is 0 Å². The summed E-state index contributed by atoms with van der Waals surface area (Å²) in [4.78, 5) is 57.6. The van der Waals surface area contributed by atoms with Crippen LogP contribution in [0.1, 0.15) is 76.6 Å². The first-order valence-electron chi connectivity index (χ1n) is 29.3. The summed E-state index contributed by atoms with van der Waals surface area (Å²) in [5.74, 6) is 4.89. The van der Waals surface area contributed by atoms with Crippen molar-refractivity contribution >= 4 is 63.2 Å². The zero-order chi connectivity index (χ0) is 63.4. The molecule has 0 unspecified atom stereocenters. The van der Waals surface area contributed by atoms with E-state index < -0.39 is 5.60 Å². The van der Waals surface area contributed by atoms with Gasteiger partial charge in [0.25, 0.3) is 11.8 Å². The van der Waals surface area contributed by atoms with Crippen molar-refractivity contribution in [2.24, 2.45) is 0 Å². The maximum atomic E-state index is 12.8. The first-order chi connectivity index (χ1) is 44.2. The molecule has 24 nitrogen and oxygen atoms in total. The number of nitrogens with zero attached hydrogens (tertiary/aromatic N) is 11. The van der Waals surface area contributed by atoms with Crippen molar-refractivity contribution in [3.8, 4) is 46.6 Å². The van der Waals surface area contributed by atoms with Crippen molar-refractivity contribution in [1.29, 1.82) is 10.5 Å². The maximum absolute atomic E-state index is 12.8. The number of anilines is 4. The van der Waals surface area contributed by atoms with Crippen LogP contribution < -0.4 is 45.5 Å². The van der Waals surface area contributed by atoms with Gasteiger partial charge in [-0.1, -0.05) is 24.3 Å². The lowest BCUT2D eigenvalue weighted by Crippen LogP contribution is -2.36. The molecule has 4 aromatic carbocycles. The molecule has 3 amide bonds. The molecule has 2 aliphatic rings. The van der Waals surface area contributed by atoms with Gasteiger partial charge >= 0.3 is 6.09 Å². The van der Waals surface area contributed by atoms with Crippen LogP contribution in [-0.2, 0) is 17.8 Å². The van der Waals surface area contributed by atoms with E-state index in [2.05, 4.69) is 46.5 Å². The molecule has 2 aliphatic heterocycles. The lowest BCUT2D eigenvalue weighted by molar-refractivity contribution is 0.0293. The third-order valence-electron chi connectivity index (χ3n) is 14.7. The Morgan fingerprint density at radius 1 is 0.582 bits per heavy atom. The van der Waals surface area contributed by atoms with E-state index in [1.165, 1.54) is 24.5 Å². The van der Waals surface area contributed by atoms with Gasteiger partial charge in [-0.25, -0.2) is 34.1 Å². The average molecular weight is 1220 g/mol. The van der Waals surface area contributed by atoms with Gasteiger partial charge in [0.05, 0.1) is 50.6 Å². The van der Waals surface area contributed by atoms with Gasteiger partial charge < -0.3 is 55.2 Å². The molecule has 2 fully saturated rings. The number of ether oxygens (including phenoxy) is 5. The molecule has 0 aliphatic carbocycles. The average Bonchev–Trinajstić information content (AvgIpc) is 1.66. The van der Waals surface area contributed by atoms with E-state index in [0.29, 0.717) is 112 Å². The molecule has 0 radical (unpaired) electrons. The Labute approximate surface area is 523 Å². The predicted molar refractivity (Wildman–Crippen MR) is 341 cm³/mol. The minimum atomic E-state index is -0.583. The fourth-order valence-corrected chi connectivity index (χ4v) is 10.2. The number of likely N-dealkylation sites (tertiary alicyclic amines) is 1. The molecule has 0 bridgehead atoms. The molecule has 10 aromatic rings. The second-order valence-corrected chi connectivity index (χ2v) is 22.4. The molecule has 24 heteroatoms. The van der Waals surface area contributed by atoms with Crippen molar-refractivity contribution in [1.82, 2.24) is 49.7 Å².